The Morgan fingerprint density at radius 3 is 2.65 bits per heavy atom. The van der Waals surface area contributed by atoms with Crippen molar-refractivity contribution in [3.8, 4) is 0 Å². The Bertz CT molecular complexity index is 1210. The Hall–Kier alpha value is -2.49. The van der Waals surface area contributed by atoms with Crippen LogP contribution in [0.4, 0.5) is 20.2 Å². The number of hydrogen-bond acceptors (Lipinski definition) is 3. The van der Waals surface area contributed by atoms with Gasteiger partial charge in [0, 0.05) is 29.6 Å². The van der Waals surface area contributed by atoms with Crippen molar-refractivity contribution in [3.05, 3.63) is 63.0 Å². The van der Waals surface area contributed by atoms with Crippen LogP contribution in [-0.2, 0) is 13.0 Å². The number of hydrogen-bond donors (Lipinski definition) is 1. The van der Waals surface area contributed by atoms with Gasteiger partial charge in [0.1, 0.15) is 11.3 Å². The molecule has 1 aromatic heterocycles. The average Bonchev–Trinajstić information content (AvgIpc) is 3.36. The van der Waals surface area contributed by atoms with Crippen LogP contribution in [0.25, 0.3) is 11.0 Å². The van der Waals surface area contributed by atoms with Gasteiger partial charge >= 0.3 is 0 Å². The zero-order valence-electron chi connectivity index (χ0n) is 16.8. The number of benzene rings is 2. The molecule has 3 aromatic rings. The highest BCUT2D eigenvalue weighted by molar-refractivity contribution is 14.1. The fourth-order valence-corrected chi connectivity index (χ4v) is 4.96. The monoisotopic (exact) mass is 534 g/mol. The van der Waals surface area contributed by atoms with Crippen molar-refractivity contribution in [3.63, 3.8) is 0 Å². The predicted octanol–water partition coefficient (Wildman–Crippen LogP) is 5.59. The summed E-state index contributed by atoms with van der Waals surface area (Å²) in [6.45, 7) is 1.89. The second-order valence-electron chi connectivity index (χ2n) is 7.92. The molecule has 0 aliphatic carbocycles. The highest BCUT2D eigenvalue weighted by atomic mass is 127. The van der Waals surface area contributed by atoms with Gasteiger partial charge in [0.25, 0.3) is 12.0 Å². The third-order valence-corrected chi connectivity index (χ3v) is 6.74. The Kier molecular flexibility index (Phi) is 5.41. The van der Waals surface area contributed by atoms with Crippen molar-refractivity contribution in [1.82, 2.24) is 9.55 Å². The van der Waals surface area contributed by atoms with Crippen LogP contribution in [0, 0.1) is 3.57 Å². The van der Waals surface area contributed by atoms with Gasteiger partial charge in [-0.2, -0.15) is 8.78 Å². The van der Waals surface area contributed by atoms with Crippen LogP contribution in [0.2, 0.25) is 0 Å². The lowest BCUT2D eigenvalue weighted by molar-refractivity contribution is 0.102. The molecule has 160 valence electrons. The summed E-state index contributed by atoms with van der Waals surface area (Å²) in [4.78, 5) is 20.1. The fourth-order valence-electron chi connectivity index (χ4n) is 4.49. The van der Waals surface area contributed by atoms with Gasteiger partial charge in [0.2, 0.25) is 0 Å². The molecule has 2 aromatic carbocycles. The molecule has 31 heavy (non-hydrogen) atoms. The van der Waals surface area contributed by atoms with Crippen LogP contribution in [0.15, 0.2) is 48.1 Å². The zero-order valence-corrected chi connectivity index (χ0v) is 19.0. The standard InChI is InChI=1S/C23H21F2IN4O/c24-22(25)14-8-11-29(12-9-14)19-13-15(26)6-7-16(19)23(31)27-17-3-1-4-18-21(17)28-20-5-2-10-30(18)20/h1,3-4,6-7,13H,2,5,8-12H2,(H,27,31). The Balaban J connectivity index is 1.44. The maximum atomic E-state index is 13.3. The zero-order chi connectivity index (χ0) is 21.5. The maximum absolute atomic E-state index is 13.3. The summed E-state index contributed by atoms with van der Waals surface area (Å²) >= 11 is 2.21. The number of amides is 1. The number of halogens is 3. The Morgan fingerprint density at radius 2 is 1.87 bits per heavy atom. The molecular formula is C23H21F2IN4O. The molecule has 1 amide bonds. The van der Waals surface area contributed by atoms with E-state index in [2.05, 4.69) is 32.5 Å². The third-order valence-electron chi connectivity index (χ3n) is 6.07. The summed E-state index contributed by atoms with van der Waals surface area (Å²) < 4.78 is 29.1. The second kappa shape index (κ2) is 8.22. The first-order valence-electron chi connectivity index (χ1n) is 10.4. The van der Waals surface area contributed by atoms with Crippen molar-refractivity contribution in [1.29, 1.82) is 0 Å². The van der Waals surface area contributed by atoms with E-state index in [1.807, 2.05) is 35.2 Å². The van der Waals surface area contributed by atoms with E-state index in [1.165, 1.54) is 0 Å². The number of aryl methyl sites for hydroxylation is 2. The summed E-state index contributed by atoms with van der Waals surface area (Å²) in [6, 6.07) is 11.5. The topological polar surface area (TPSA) is 50.2 Å². The maximum Gasteiger partial charge on any atom is 0.269 e. The van der Waals surface area contributed by atoms with E-state index in [0.29, 0.717) is 37.2 Å². The highest BCUT2D eigenvalue weighted by Crippen LogP contribution is 2.32. The van der Waals surface area contributed by atoms with Crippen molar-refractivity contribution in [2.45, 2.75) is 32.2 Å². The third kappa shape index (κ3) is 3.81. The second-order valence-corrected chi connectivity index (χ2v) is 9.17. The molecule has 0 radical (unpaired) electrons. The minimum Gasteiger partial charge on any atom is -0.370 e. The largest absolute Gasteiger partial charge is 0.370 e. The van der Waals surface area contributed by atoms with Crippen molar-refractivity contribution in [2.75, 3.05) is 23.3 Å². The number of carbonyl (C=O) groups is 1. The smallest absolute Gasteiger partial charge is 0.269 e. The predicted molar refractivity (Wildman–Crippen MR) is 126 cm³/mol. The summed E-state index contributed by atoms with van der Waals surface area (Å²) in [5, 5.41) is 3.04. The van der Waals surface area contributed by atoms with Gasteiger partial charge < -0.3 is 14.8 Å². The number of nitrogens with zero attached hydrogens (tertiary/aromatic N) is 3. The van der Waals surface area contributed by atoms with Crippen molar-refractivity contribution >= 4 is 50.9 Å². The van der Waals surface area contributed by atoms with E-state index in [9.17, 15) is 13.6 Å². The molecule has 0 bridgehead atoms. The number of carbonyl (C=O) groups excluding carboxylic acids is 1. The molecule has 1 fully saturated rings. The van der Waals surface area contributed by atoms with E-state index in [1.54, 1.807) is 6.07 Å². The van der Waals surface area contributed by atoms with Crippen LogP contribution in [0.5, 0.6) is 0 Å². The van der Waals surface area contributed by atoms with Crippen LogP contribution >= 0.6 is 22.6 Å². The Morgan fingerprint density at radius 1 is 1.06 bits per heavy atom. The van der Waals surface area contributed by atoms with Gasteiger partial charge in [-0.1, -0.05) is 6.07 Å². The van der Waals surface area contributed by atoms with Gasteiger partial charge in [-0.25, -0.2) is 4.98 Å². The summed E-state index contributed by atoms with van der Waals surface area (Å²) in [5.41, 5.74) is 4.07. The number of para-hydroxylation sites is 1. The van der Waals surface area contributed by atoms with E-state index in [4.69, 9.17) is 4.98 Å². The number of fused-ring (bicyclic) bond motifs is 3. The van der Waals surface area contributed by atoms with Gasteiger partial charge in [-0.3, -0.25) is 4.79 Å². The SMILES string of the molecule is O=C(Nc1cccc2c1nc1n2CCC1)c1ccc(I)cc1N1CCC(=C(F)F)CC1. The first-order chi connectivity index (χ1) is 15.0. The number of imidazole rings is 1. The first-order valence-corrected chi connectivity index (χ1v) is 11.5. The molecule has 0 atom stereocenters. The molecule has 5 nitrogen and oxygen atoms in total. The molecule has 8 heteroatoms. The van der Waals surface area contributed by atoms with Crippen LogP contribution < -0.4 is 10.2 Å². The highest BCUT2D eigenvalue weighted by Gasteiger charge is 2.24. The molecule has 0 saturated carbocycles. The van der Waals surface area contributed by atoms with Crippen LogP contribution in [0.3, 0.4) is 0 Å². The van der Waals surface area contributed by atoms with Gasteiger partial charge in [-0.05, 0) is 77.8 Å². The molecule has 1 N–H and O–H groups in total. The van der Waals surface area contributed by atoms with Gasteiger partial charge in [0.05, 0.1) is 22.5 Å². The molecule has 3 heterocycles. The number of aromatic nitrogens is 2. The summed E-state index contributed by atoms with van der Waals surface area (Å²) in [5.74, 6) is 0.842. The average molecular weight is 534 g/mol. The van der Waals surface area contributed by atoms with Gasteiger partial charge in [0.15, 0.2) is 0 Å². The lowest BCUT2D eigenvalue weighted by Gasteiger charge is -2.31. The number of piperidine rings is 1. The van der Waals surface area contributed by atoms with E-state index in [-0.39, 0.29) is 11.5 Å². The van der Waals surface area contributed by atoms with E-state index in [0.717, 1.165) is 45.5 Å². The minimum absolute atomic E-state index is 0.215. The molecule has 2 aliphatic heterocycles. The van der Waals surface area contributed by atoms with Crippen LogP contribution in [0.1, 0.15) is 35.4 Å². The van der Waals surface area contributed by atoms with E-state index >= 15 is 0 Å². The molecule has 0 spiro atoms. The molecule has 1 saturated heterocycles. The first kappa shape index (κ1) is 20.4. The molecule has 5 rings (SSSR count). The van der Waals surface area contributed by atoms with Gasteiger partial charge in [-0.15, -0.1) is 0 Å². The summed E-state index contributed by atoms with van der Waals surface area (Å²) in [7, 11) is 0. The number of rotatable bonds is 3. The van der Waals surface area contributed by atoms with E-state index < -0.39 is 6.08 Å². The quantitative estimate of drug-likeness (QED) is 0.446. The lowest BCUT2D eigenvalue weighted by Crippen LogP contribution is -2.32. The van der Waals surface area contributed by atoms with Crippen LogP contribution in [-0.4, -0.2) is 28.5 Å². The molecule has 0 unspecified atom stereocenters. The van der Waals surface area contributed by atoms with Crippen molar-refractivity contribution in [2.24, 2.45) is 0 Å². The normalized spacial score (nSPS) is 16.0. The summed E-state index contributed by atoms with van der Waals surface area (Å²) in [6.07, 6.45) is 1.11. The minimum atomic E-state index is -1.57. The lowest BCUT2D eigenvalue weighted by atomic mass is 10.0. The molecular weight excluding hydrogens is 513 g/mol. The molecule has 2 aliphatic rings. The number of nitrogens with one attached hydrogen (secondary N) is 1. The number of anilines is 2. The van der Waals surface area contributed by atoms with Crippen molar-refractivity contribution < 1.29 is 13.6 Å². The fraction of sp³-hybridized carbons (Fsp3) is 0.304. The Labute approximate surface area is 192 Å².